The molecule has 0 amide bonds. The van der Waals surface area contributed by atoms with Crippen molar-refractivity contribution in [2.75, 3.05) is 0 Å². The third-order valence-corrected chi connectivity index (χ3v) is 5.68. The van der Waals surface area contributed by atoms with Gasteiger partial charge < -0.3 is 5.73 Å². The molecular weight excluding hydrogens is 432 g/mol. The molecule has 0 aliphatic rings. The van der Waals surface area contributed by atoms with E-state index in [-0.39, 0.29) is 6.04 Å². The quantitative estimate of drug-likeness (QED) is 0.642. The van der Waals surface area contributed by atoms with Crippen LogP contribution in [0.1, 0.15) is 21.4 Å². The number of halogens is 3. The molecule has 2 rings (SSSR count). The van der Waals surface area contributed by atoms with Crippen molar-refractivity contribution in [2.24, 2.45) is 5.73 Å². The summed E-state index contributed by atoms with van der Waals surface area (Å²) < 4.78 is 2.21. The summed E-state index contributed by atoms with van der Waals surface area (Å²) in [6.07, 6.45) is 0. The summed E-state index contributed by atoms with van der Waals surface area (Å²) in [5, 5.41) is 0.722. The summed E-state index contributed by atoms with van der Waals surface area (Å²) >= 11 is 13.6. The summed E-state index contributed by atoms with van der Waals surface area (Å²) in [4.78, 5) is 2.39. The summed E-state index contributed by atoms with van der Waals surface area (Å²) in [5.41, 5.74) is 7.39. The molecule has 1 unspecified atom stereocenters. The van der Waals surface area contributed by atoms with Crippen LogP contribution >= 0.6 is 61.5 Å². The van der Waals surface area contributed by atoms with E-state index in [4.69, 9.17) is 17.3 Å². The highest BCUT2D eigenvalue weighted by Gasteiger charge is 2.17. The van der Waals surface area contributed by atoms with Crippen LogP contribution in [0.3, 0.4) is 0 Å². The van der Waals surface area contributed by atoms with Gasteiger partial charge in [0.15, 0.2) is 0 Å². The van der Waals surface area contributed by atoms with Crippen LogP contribution in [0, 0.1) is 10.5 Å². The van der Waals surface area contributed by atoms with Crippen LogP contribution in [0.2, 0.25) is 5.02 Å². The van der Waals surface area contributed by atoms with Crippen molar-refractivity contribution in [2.45, 2.75) is 13.0 Å². The second-order valence-electron chi connectivity index (χ2n) is 3.71. The topological polar surface area (TPSA) is 26.0 Å². The molecule has 0 spiro atoms. The van der Waals surface area contributed by atoms with Gasteiger partial charge in [0, 0.05) is 22.8 Å². The minimum Gasteiger partial charge on any atom is -0.320 e. The summed E-state index contributed by atoms with van der Waals surface area (Å²) in [6.45, 7) is 2.08. The smallest absolute Gasteiger partial charge is 0.0668 e. The molecule has 0 fully saturated rings. The van der Waals surface area contributed by atoms with Gasteiger partial charge in [-0.15, -0.1) is 11.3 Å². The minimum absolute atomic E-state index is 0.131. The molecule has 2 N–H and O–H groups in total. The Hall–Kier alpha value is 0.380. The Labute approximate surface area is 132 Å². The Morgan fingerprint density at radius 1 is 1.41 bits per heavy atom. The van der Waals surface area contributed by atoms with E-state index in [9.17, 15) is 0 Å². The third kappa shape index (κ3) is 3.04. The van der Waals surface area contributed by atoms with Crippen molar-refractivity contribution in [3.63, 3.8) is 0 Å². The van der Waals surface area contributed by atoms with Gasteiger partial charge in [-0.2, -0.15) is 0 Å². The fourth-order valence-corrected chi connectivity index (χ4v) is 4.38. The van der Waals surface area contributed by atoms with E-state index in [1.54, 1.807) is 11.3 Å². The molecule has 0 saturated heterocycles. The molecule has 0 bridgehead atoms. The lowest BCUT2D eigenvalue weighted by Gasteiger charge is -2.13. The van der Waals surface area contributed by atoms with Gasteiger partial charge in [0.2, 0.25) is 0 Å². The van der Waals surface area contributed by atoms with Crippen molar-refractivity contribution >= 4 is 61.5 Å². The number of hydrogen-bond donors (Lipinski definition) is 1. The predicted octanol–water partition coefficient (Wildman–Crippen LogP) is 5.13. The number of nitrogens with two attached hydrogens (primary N) is 1. The van der Waals surface area contributed by atoms with Gasteiger partial charge in [-0.1, -0.05) is 11.6 Å². The maximum absolute atomic E-state index is 6.32. The Morgan fingerprint density at radius 3 is 2.71 bits per heavy atom. The standard InChI is InChI=1S/C12H10BrClINS/c1-6-4-9(13)12(17-6)11(16)8-5-7(14)2-3-10(8)15/h2-5,11H,16H2,1H3. The SMILES string of the molecule is Cc1cc(Br)c(C(N)c2cc(Cl)ccc2I)s1. The zero-order valence-corrected chi connectivity index (χ0v) is 14.3. The van der Waals surface area contributed by atoms with Crippen molar-refractivity contribution in [3.8, 4) is 0 Å². The first-order valence-corrected chi connectivity index (χ1v) is 8.02. The molecule has 1 aromatic carbocycles. The predicted molar refractivity (Wildman–Crippen MR) is 87.0 cm³/mol. The van der Waals surface area contributed by atoms with Crippen LogP contribution in [0.15, 0.2) is 28.7 Å². The van der Waals surface area contributed by atoms with Crippen molar-refractivity contribution in [1.82, 2.24) is 0 Å². The molecule has 1 heterocycles. The van der Waals surface area contributed by atoms with Crippen molar-refractivity contribution < 1.29 is 0 Å². The zero-order chi connectivity index (χ0) is 12.6. The maximum Gasteiger partial charge on any atom is 0.0668 e. The van der Waals surface area contributed by atoms with E-state index in [2.05, 4.69) is 51.5 Å². The number of hydrogen-bond acceptors (Lipinski definition) is 2. The second kappa shape index (κ2) is 5.57. The highest BCUT2D eigenvalue weighted by Crippen LogP contribution is 2.36. The molecule has 17 heavy (non-hydrogen) atoms. The molecule has 90 valence electrons. The number of thiophene rings is 1. The van der Waals surface area contributed by atoms with Crippen LogP contribution < -0.4 is 5.73 Å². The number of aryl methyl sites for hydroxylation is 1. The first-order chi connectivity index (χ1) is 7.99. The van der Waals surface area contributed by atoms with Gasteiger partial charge >= 0.3 is 0 Å². The summed E-state index contributed by atoms with van der Waals surface area (Å²) in [5.74, 6) is 0. The lowest BCUT2D eigenvalue weighted by atomic mass is 10.1. The Bertz CT molecular complexity index is 555. The van der Waals surface area contributed by atoms with E-state index in [0.717, 1.165) is 23.5 Å². The first-order valence-electron chi connectivity index (χ1n) is 4.95. The molecule has 0 radical (unpaired) electrons. The summed E-state index contributed by atoms with van der Waals surface area (Å²) in [6, 6.07) is 7.78. The van der Waals surface area contributed by atoms with Gasteiger partial charge in [0.1, 0.15) is 0 Å². The lowest BCUT2D eigenvalue weighted by Crippen LogP contribution is -2.12. The number of rotatable bonds is 2. The van der Waals surface area contributed by atoms with Crippen molar-refractivity contribution in [3.05, 3.63) is 52.6 Å². The highest BCUT2D eigenvalue weighted by molar-refractivity contribution is 14.1. The van der Waals surface area contributed by atoms with E-state index in [1.165, 1.54) is 4.88 Å². The molecule has 1 atom stereocenters. The minimum atomic E-state index is -0.131. The average molecular weight is 443 g/mol. The maximum atomic E-state index is 6.32. The fraction of sp³-hybridized carbons (Fsp3) is 0.167. The zero-order valence-electron chi connectivity index (χ0n) is 9.01. The van der Waals surface area contributed by atoms with Gasteiger partial charge in [0.25, 0.3) is 0 Å². The van der Waals surface area contributed by atoms with E-state index >= 15 is 0 Å². The second-order valence-corrected chi connectivity index (χ2v) is 7.45. The van der Waals surface area contributed by atoms with E-state index < -0.39 is 0 Å². The van der Waals surface area contributed by atoms with Crippen LogP contribution in [-0.2, 0) is 0 Å². The summed E-state index contributed by atoms with van der Waals surface area (Å²) in [7, 11) is 0. The fourth-order valence-electron chi connectivity index (χ4n) is 1.61. The van der Waals surface area contributed by atoms with Gasteiger partial charge in [0.05, 0.1) is 6.04 Å². The first kappa shape index (κ1) is 13.8. The third-order valence-electron chi connectivity index (χ3n) is 2.41. The lowest BCUT2D eigenvalue weighted by molar-refractivity contribution is 0.882. The van der Waals surface area contributed by atoms with Gasteiger partial charge in [-0.25, -0.2) is 0 Å². The number of benzene rings is 1. The molecular formula is C12H10BrClINS. The van der Waals surface area contributed by atoms with Gasteiger partial charge in [-0.3, -0.25) is 0 Å². The largest absolute Gasteiger partial charge is 0.320 e. The Kier molecular flexibility index (Phi) is 4.52. The van der Waals surface area contributed by atoms with Crippen molar-refractivity contribution in [1.29, 1.82) is 0 Å². The molecule has 0 aliphatic heterocycles. The average Bonchev–Trinajstić information content (AvgIpc) is 2.60. The normalized spacial score (nSPS) is 12.8. The van der Waals surface area contributed by atoms with Crippen LogP contribution in [0.4, 0.5) is 0 Å². The monoisotopic (exact) mass is 441 g/mol. The molecule has 2 aromatic rings. The molecule has 1 aromatic heterocycles. The van der Waals surface area contributed by atoms with Crippen LogP contribution in [0.5, 0.6) is 0 Å². The molecule has 1 nitrogen and oxygen atoms in total. The van der Waals surface area contributed by atoms with E-state index in [0.29, 0.717) is 0 Å². The Morgan fingerprint density at radius 2 is 2.12 bits per heavy atom. The van der Waals surface area contributed by atoms with E-state index in [1.807, 2.05) is 18.2 Å². The Balaban J connectivity index is 2.46. The molecule has 0 saturated carbocycles. The van der Waals surface area contributed by atoms with Gasteiger partial charge in [-0.05, 0) is 75.3 Å². The van der Waals surface area contributed by atoms with Crippen LogP contribution in [-0.4, -0.2) is 0 Å². The molecule has 0 aliphatic carbocycles. The highest BCUT2D eigenvalue weighted by atomic mass is 127. The van der Waals surface area contributed by atoms with Crippen LogP contribution in [0.25, 0.3) is 0 Å². The molecule has 5 heteroatoms.